The fraction of sp³-hybridized carbons (Fsp3) is 0.200. The zero-order valence-corrected chi connectivity index (χ0v) is 16.0. The van der Waals surface area contributed by atoms with Crippen LogP contribution in [0.15, 0.2) is 36.4 Å². The number of amides is 1. The van der Waals surface area contributed by atoms with Gasteiger partial charge in [-0.05, 0) is 24.3 Å². The van der Waals surface area contributed by atoms with Gasteiger partial charge in [0.15, 0.2) is 5.69 Å². The number of ether oxygens (including phenoxy) is 3. The third-order valence-electron chi connectivity index (χ3n) is 4.37. The fourth-order valence-corrected chi connectivity index (χ4v) is 2.89. The minimum atomic E-state index is -0.804. The number of hydrogen-bond acceptors (Lipinski definition) is 5. The van der Waals surface area contributed by atoms with E-state index >= 15 is 0 Å². The molecule has 0 saturated heterocycles. The van der Waals surface area contributed by atoms with Crippen LogP contribution in [0.1, 0.15) is 16.1 Å². The van der Waals surface area contributed by atoms with Gasteiger partial charge in [0.1, 0.15) is 28.9 Å². The van der Waals surface area contributed by atoms with Gasteiger partial charge < -0.3 is 19.9 Å². The number of methoxy groups -OCH3 is 3. The third-order valence-corrected chi connectivity index (χ3v) is 4.37. The zero-order chi connectivity index (χ0) is 21.1. The lowest BCUT2D eigenvalue weighted by Gasteiger charge is -2.14. The molecule has 152 valence electrons. The molecule has 1 heterocycles. The third kappa shape index (κ3) is 3.98. The van der Waals surface area contributed by atoms with Gasteiger partial charge in [0.25, 0.3) is 5.91 Å². The highest BCUT2D eigenvalue weighted by molar-refractivity contribution is 5.92. The molecule has 29 heavy (non-hydrogen) atoms. The van der Waals surface area contributed by atoms with Gasteiger partial charge in [0, 0.05) is 23.3 Å². The van der Waals surface area contributed by atoms with Crippen molar-refractivity contribution in [2.24, 2.45) is 5.73 Å². The summed E-state index contributed by atoms with van der Waals surface area (Å²) in [5.74, 6) is -1.35. The van der Waals surface area contributed by atoms with E-state index in [4.69, 9.17) is 19.9 Å². The van der Waals surface area contributed by atoms with Crippen LogP contribution in [0.4, 0.5) is 8.78 Å². The summed E-state index contributed by atoms with van der Waals surface area (Å²) in [4.78, 5) is 11.7. The first-order chi connectivity index (χ1) is 13.9. The van der Waals surface area contributed by atoms with Crippen LogP contribution in [-0.4, -0.2) is 37.0 Å². The molecule has 3 aromatic rings. The van der Waals surface area contributed by atoms with Crippen LogP contribution in [0, 0.1) is 11.6 Å². The predicted octanol–water partition coefficient (Wildman–Crippen LogP) is 3.00. The molecule has 0 fully saturated rings. The first-order valence-corrected chi connectivity index (χ1v) is 8.49. The summed E-state index contributed by atoms with van der Waals surface area (Å²) in [5.41, 5.74) is 5.95. The Balaban J connectivity index is 2.16. The first kappa shape index (κ1) is 20.1. The molecule has 0 bridgehead atoms. The van der Waals surface area contributed by atoms with Gasteiger partial charge in [0.2, 0.25) is 0 Å². The van der Waals surface area contributed by atoms with Crippen LogP contribution in [-0.2, 0) is 6.54 Å². The number of rotatable bonds is 7. The molecule has 0 aliphatic rings. The van der Waals surface area contributed by atoms with E-state index in [1.165, 1.54) is 32.1 Å². The Morgan fingerprint density at radius 2 is 1.66 bits per heavy atom. The van der Waals surface area contributed by atoms with E-state index in [0.29, 0.717) is 22.8 Å². The number of nitrogens with zero attached hydrogens (tertiary/aromatic N) is 2. The van der Waals surface area contributed by atoms with Gasteiger partial charge in [-0.1, -0.05) is 0 Å². The molecule has 7 nitrogen and oxygen atoms in total. The van der Waals surface area contributed by atoms with Crippen molar-refractivity contribution in [2.75, 3.05) is 21.3 Å². The molecule has 0 radical (unpaired) electrons. The van der Waals surface area contributed by atoms with Crippen molar-refractivity contribution in [1.29, 1.82) is 0 Å². The molecule has 0 spiro atoms. The van der Waals surface area contributed by atoms with Crippen LogP contribution in [0.25, 0.3) is 11.3 Å². The number of hydrogen-bond donors (Lipinski definition) is 1. The molecule has 0 aliphatic carbocycles. The number of benzene rings is 2. The molecule has 2 N–H and O–H groups in total. The van der Waals surface area contributed by atoms with Crippen molar-refractivity contribution >= 4 is 5.91 Å². The summed E-state index contributed by atoms with van der Waals surface area (Å²) >= 11 is 0. The highest BCUT2D eigenvalue weighted by atomic mass is 19.1. The molecule has 0 saturated carbocycles. The van der Waals surface area contributed by atoms with Crippen LogP contribution >= 0.6 is 0 Å². The van der Waals surface area contributed by atoms with Crippen molar-refractivity contribution in [1.82, 2.24) is 9.78 Å². The van der Waals surface area contributed by atoms with E-state index in [-0.39, 0.29) is 23.6 Å². The van der Waals surface area contributed by atoms with Crippen molar-refractivity contribution < 1.29 is 27.8 Å². The molecule has 3 rings (SSSR count). The van der Waals surface area contributed by atoms with Gasteiger partial charge in [0.05, 0.1) is 33.6 Å². The van der Waals surface area contributed by atoms with Crippen LogP contribution < -0.4 is 19.9 Å². The average molecular weight is 403 g/mol. The normalized spacial score (nSPS) is 10.7. The number of carbonyl (C=O) groups is 1. The summed E-state index contributed by atoms with van der Waals surface area (Å²) in [5, 5.41) is 4.12. The molecule has 0 atom stereocenters. The van der Waals surface area contributed by atoms with Crippen molar-refractivity contribution in [2.45, 2.75) is 6.54 Å². The topological polar surface area (TPSA) is 88.6 Å². The van der Waals surface area contributed by atoms with E-state index in [2.05, 4.69) is 5.10 Å². The first-order valence-electron chi connectivity index (χ1n) is 8.49. The lowest BCUT2D eigenvalue weighted by atomic mass is 10.1. The Morgan fingerprint density at radius 3 is 2.21 bits per heavy atom. The van der Waals surface area contributed by atoms with Crippen LogP contribution in [0.3, 0.4) is 0 Å². The zero-order valence-electron chi connectivity index (χ0n) is 16.0. The quantitative estimate of drug-likeness (QED) is 0.655. The highest BCUT2D eigenvalue weighted by Gasteiger charge is 2.20. The molecule has 9 heteroatoms. The van der Waals surface area contributed by atoms with Gasteiger partial charge >= 0.3 is 0 Å². The number of halogens is 2. The smallest absolute Gasteiger partial charge is 0.269 e. The largest absolute Gasteiger partial charge is 0.497 e. The summed E-state index contributed by atoms with van der Waals surface area (Å²) in [6.07, 6.45) is 0. The molecule has 1 amide bonds. The molecule has 2 aromatic carbocycles. The molecular weight excluding hydrogens is 384 g/mol. The number of primary amides is 1. The second-order valence-electron chi connectivity index (χ2n) is 6.07. The van der Waals surface area contributed by atoms with Gasteiger partial charge in [-0.25, -0.2) is 8.78 Å². The van der Waals surface area contributed by atoms with Crippen LogP contribution in [0.5, 0.6) is 17.2 Å². The highest BCUT2D eigenvalue weighted by Crippen LogP contribution is 2.34. The van der Waals surface area contributed by atoms with Crippen molar-refractivity contribution in [3.8, 4) is 28.5 Å². The summed E-state index contributed by atoms with van der Waals surface area (Å²) in [6, 6.07) is 8.60. The Kier molecular flexibility index (Phi) is 5.67. The van der Waals surface area contributed by atoms with E-state index < -0.39 is 17.5 Å². The maximum atomic E-state index is 14.4. The minimum Gasteiger partial charge on any atom is -0.497 e. The summed E-state index contributed by atoms with van der Waals surface area (Å²) in [6.45, 7) is -0.287. The Bertz CT molecular complexity index is 1040. The van der Waals surface area contributed by atoms with Crippen molar-refractivity contribution in [3.63, 3.8) is 0 Å². The molecule has 1 aromatic heterocycles. The Hall–Kier alpha value is -3.62. The molecule has 0 aliphatic heterocycles. The fourth-order valence-electron chi connectivity index (χ4n) is 2.89. The second-order valence-corrected chi connectivity index (χ2v) is 6.07. The lowest BCUT2D eigenvalue weighted by molar-refractivity contribution is 0.0995. The monoisotopic (exact) mass is 403 g/mol. The molecular formula is C20H19F2N3O4. The minimum absolute atomic E-state index is 0.0525. The van der Waals surface area contributed by atoms with Crippen LogP contribution in [0.2, 0.25) is 0 Å². The summed E-state index contributed by atoms with van der Waals surface area (Å²) in [7, 11) is 4.29. The second kappa shape index (κ2) is 8.17. The Morgan fingerprint density at radius 1 is 1.00 bits per heavy atom. The van der Waals surface area contributed by atoms with Gasteiger partial charge in [-0.3, -0.25) is 9.48 Å². The predicted molar refractivity (Wildman–Crippen MR) is 101 cm³/mol. The number of carbonyl (C=O) groups excluding carboxylic acids is 1. The molecule has 0 unspecified atom stereocenters. The maximum Gasteiger partial charge on any atom is 0.269 e. The Labute approximate surface area is 165 Å². The van der Waals surface area contributed by atoms with E-state index in [9.17, 15) is 13.6 Å². The lowest BCUT2D eigenvalue weighted by Crippen LogP contribution is -2.13. The van der Waals surface area contributed by atoms with Gasteiger partial charge in [-0.2, -0.15) is 5.10 Å². The standard InChI is InChI=1S/C20H19F2N3O4/c1-27-11-4-5-19(29-3)13(6-11)18-9-17(20(23)26)24-25(18)10-14-15(21)7-12(28-2)8-16(14)22/h4-9H,10H2,1-3H3,(H2,23,26). The summed E-state index contributed by atoms with van der Waals surface area (Å²) < 4.78 is 45.7. The SMILES string of the molecule is COc1cc(F)c(Cn2nc(C(N)=O)cc2-c2cc(OC)ccc2OC)c(F)c1. The maximum absolute atomic E-state index is 14.4. The van der Waals surface area contributed by atoms with E-state index in [1.807, 2.05) is 0 Å². The number of nitrogens with two attached hydrogens (primary N) is 1. The number of aromatic nitrogens is 2. The average Bonchev–Trinajstić information content (AvgIpc) is 3.14. The van der Waals surface area contributed by atoms with Crippen molar-refractivity contribution in [3.05, 3.63) is 59.3 Å². The van der Waals surface area contributed by atoms with E-state index in [0.717, 1.165) is 12.1 Å². The van der Waals surface area contributed by atoms with Gasteiger partial charge in [-0.15, -0.1) is 0 Å². The van der Waals surface area contributed by atoms with E-state index in [1.54, 1.807) is 18.2 Å².